The Morgan fingerprint density at radius 1 is 1.15 bits per heavy atom. The summed E-state index contributed by atoms with van der Waals surface area (Å²) in [4.78, 5) is 20.4. The van der Waals surface area contributed by atoms with Gasteiger partial charge >= 0.3 is 0 Å². The van der Waals surface area contributed by atoms with E-state index in [-0.39, 0.29) is 24.0 Å². The molecule has 4 heterocycles. The van der Waals surface area contributed by atoms with E-state index < -0.39 is 0 Å². The number of rotatable bonds is 7. The van der Waals surface area contributed by atoms with Crippen LogP contribution < -0.4 is 15.5 Å². The van der Waals surface area contributed by atoms with Crippen molar-refractivity contribution in [3.05, 3.63) is 54.1 Å². The molecule has 3 aromatic heterocycles. The van der Waals surface area contributed by atoms with E-state index in [2.05, 4.69) is 54.7 Å². The molecule has 0 bridgehead atoms. The molecule has 0 aliphatic carbocycles. The molecule has 0 unspecified atom stereocenters. The van der Waals surface area contributed by atoms with E-state index >= 15 is 0 Å². The number of hydrogen-bond donors (Lipinski definition) is 2. The van der Waals surface area contributed by atoms with Gasteiger partial charge in [0.15, 0.2) is 11.8 Å². The predicted octanol–water partition coefficient (Wildman–Crippen LogP) is 3.22. The number of piperidine rings is 1. The van der Waals surface area contributed by atoms with Crippen molar-refractivity contribution < 1.29 is 4.52 Å². The van der Waals surface area contributed by atoms with Gasteiger partial charge in [-0.25, -0.2) is 4.98 Å². The summed E-state index contributed by atoms with van der Waals surface area (Å²) in [5.41, 5.74) is 1.73. The van der Waals surface area contributed by atoms with E-state index in [4.69, 9.17) is 9.52 Å². The normalized spacial score (nSPS) is 14.6. The van der Waals surface area contributed by atoms with Gasteiger partial charge in [-0.1, -0.05) is 17.3 Å². The average Bonchev–Trinajstić information content (AvgIpc) is 3.29. The smallest absolute Gasteiger partial charge is 0.276 e. The van der Waals surface area contributed by atoms with Crippen LogP contribution in [-0.4, -0.2) is 58.3 Å². The molecule has 1 fully saturated rings. The topological polar surface area (TPSA) is 104 Å². The van der Waals surface area contributed by atoms with Gasteiger partial charge in [-0.2, -0.15) is 4.98 Å². The first-order valence-corrected chi connectivity index (χ1v) is 11.2. The number of aryl methyl sites for hydroxylation is 1. The van der Waals surface area contributed by atoms with E-state index in [1.54, 1.807) is 6.20 Å². The molecule has 4 rings (SSSR count). The van der Waals surface area contributed by atoms with Crippen molar-refractivity contribution in [2.45, 2.75) is 39.2 Å². The summed E-state index contributed by atoms with van der Waals surface area (Å²) in [6.45, 7) is 7.44. The predicted molar refractivity (Wildman–Crippen MR) is 140 cm³/mol. The first-order valence-electron chi connectivity index (χ1n) is 11.2. The van der Waals surface area contributed by atoms with Crippen LogP contribution in [-0.2, 0) is 6.42 Å². The molecule has 0 saturated carbocycles. The lowest BCUT2D eigenvalue weighted by Gasteiger charge is -2.34. The van der Waals surface area contributed by atoms with E-state index in [1.165, 1.54) is 0 Å². The standard InChI is InChI=1S/C23H30N8O.HI/c1-3-24-23(26-14-10-20-29-22(32-30-20)19-8-4-5-13-25-19)28-18-11-15-31(16-12-18)21-9-6-7-17(2)27-21;/h4-9,13,18H,3,10-12,14-16H2,1-2H3,(H2,24,26,28);1H. The van der Waals surface area contributed by atoms with Crippen molar-refractivity contribution in [1.82, 2.24) is 30.7 Å². The number of guanidine groups is 1. The van der Waals surface area contributed by atoms with E-state index in [0.717, 1.165) is 49.9 Å². The molecular formula is C23H31IN8O. The number of pyridine rings is 2. The summed E-state index contributed by atoms with van der Waals surface area (Å²) in [6.07, 6.45) is 4.39. The highest BCUT2D eigenvalue weighted by atomic mass is 127. The fourth-order valence-corrected chi connectivity index (χ4v) is 3.69. The highest BCUT2D eigenvalue weighted by Crippen LogP contribution is 2.18. The van der Waals surface area contributed by atoms with Gasteiger partial charge < -0.3 is 20.1 Å². The highest BCUT2D eigenvalue weighted by Gasteiger charge is 2.21. The van der Waals surface area contributed by atoms with Crippen molar-refractivity contribution in [1.29, 1.82) is 0 Å². The lowest BCUT2D eigenvalue weighted by atomic mass is 10.1. The third-order valence-electron chi connectivity index (χ3n) is 5.34. The molecule has 3 aromatic rings. The zero-order valence-electron chi connectivity index (χ0n) is 19.1. The van der Waals surface area contributed by atoms with Crippen LogP contribution in [0.25, 0.3) is 11.6 Å². The van der Waals surface area contributed by atoms with Gasteiger partial charge in [0.25, 0.3) is 5.89 Å². The fraction of sp³-hybridized carbons (Fsp3) is 0.435. The molecule has 0 aromatic carbocycles. The maximum absolute atomic E-state index is 5.32. The van der Waals surface area contributed by atoms with Gasteiger partial charge in [-0.3, -0.25) is 9.98 Å². The number of halogens is 1. The Morgan fingerprint density at radius 2 is 2.00 bits per heavy atom. The number of nitrogens with one attached hydrogen (secondary N) is 2. The second-order valence-electron chi connectivity index (χ2n) is 7.78. The summed E-state index contributed by atoms with van der Waals surface area (Å²) in [7, 11) is 0. The van der Waals surface area contributed by atoms with Crippen molar-refractivity contribution in [3.8, 4) is 11.6 Å². The third-order valence-corrected chi connectivity index (χ3v) is 5.34. The van der Waals surface area contributed by atoms with Crippen LogP contribution >= 0.6 is 24.0 Å². The molecular weight excluding hydrogens is 531 g/mol. The Hall–Kier alpha value is -2.76. The van der Waals surface area contributed by atoms with Gasteiger partial charge in [-0.05, 0) is 51.0 Å². The SMILES string of the molecule is CCNC(=NCCc1noc(-c2ccccn2)n1)NC1CCN(c2cccc(C)n2)CC1.I. The maximum Gasteiger partial charge on any atom is 0.276 e. The summed E-state index contributed by atoms with van der Waals surface area (Å²) in [5.74, 6) is 2.95. The van der Waals surface area contributed by atoms with Crippen LogP contribution in [0.1, 0.15) is 31.3 Å². The van der Waals surface area contributed by atoms with Crippen molar-refractivity contribution >= 4 is 35.8 Å². The summed E-state index contributed by atoms with van der Waals surface area (Å²) in [6, 6.07) is 12.2. The summed E-state index contributed by atoms with van der Waals surface area (Å²) in [5, 5.41) is 11.0. The van der Waals surface area contributed by atoms with E-state index in [0.29, 0.717) is 36.4 Å². The molecule has 0 spiro atoms. The Balaban J connectivity index is 0.00000306. The number of hydrogen-bond acceptors (Lipinski definition) is 7. The molecule has 176 valence electrons. The van der Waals surface area contributed by atoms with Gasteiger partial charge in [-0.15, -0.1) is 24.0 Å². The van der Waals surface area contributed by atoms with Crippen LogP contribution in [0.15, 0.2) is 52.1 Å². The molecule has 1 aliphatic heterocycles. The monoisotopic (exact) mass is 562 g/mol. The Morgan fingerprint density at radius 3 is 2.73 bits per heavy atom. The quantitative estimate of drug-likeness (QED) is 0.257. The Kier molecular flexibility index (Phi) is 9.40. The number of aromatic nitrogens is 4. The lowest BCUT2D eigenvalue weighted by Crippen LogP contribution is -2.49. The number of nitrogens with zero attached hydrogens (tertiary/aromatic N) is 6. The average molecular weight is 562 g/mol. The van der Waals surface area contributed by atoms with E-state index in [1.807, 2.05) is 31.2 Å². The summed E-state index contributed by atoms with van der Waals surface area (Å²) >= 11 is 0. The van der Waals surface area contributed by atoms with Crippen LogP contribution in [0.2, 0.25) is 0 Å². The minimum absolute atomic E-state index is 0. The second-order valence-corrected chi connectivity index (χ2v) is 7.78. The molecule has 1 saturated heterocycles. The van der Waals surface area contributed by atoms with Crippen molar-refractivity contribution in [3.63, 3.8) is 0 Å². The third kappa shape index (κ3) is 7.11. The minimum atomic E-state index is 0. The Bertz CT molecular complexity index is 1020. The first-order chi connectivity index (χ1) is 15.7. The molecule has 2 N–H and O–H groups in total. The molecule has 1 aliphatic rings. The van der Waals surface area contributed by atoms with Crippen molar-refractivity contribution in [2.75, 3.05) is 31.1 Å². The fourth-order valence-electron chi connectivity index (χ4n) is 3.69. The van der Waals surface area contributed by atoms with Crippen LogP contribution in [0.5, 0.6) is 0 Å². The molecule has 33 heavy (non-hydrogen) atoms. The summed E-state index contributed by atoms with van der Waals surface area (Å²) < 4.78 is 5.32. The largest absolute Gasteiger partial charge is 0.357 e. The highest BCUT2D eigenvalue weighted by molar-refractivity contribution is 14.0. The number of anilines is 1. The lowest BCUT2D eigenvalue weighted by molar-refractivity contribution is 0.421. The maximum atomic E-state index is 5.32. The van der Waals surface area contributed by atoms with Crippen LogP contribution in [0.4, 0.5) is 5.82 Å². The molecule has 0 radical (unpaired) electrons. The minimum Gasteiger partial charge on any atom is -0.357 e. The van der Waals surface area contributed by atoms with Gasteiger partial charge in [0.05, 0.1) is 0 Å². The molecule has 10 heteroatoms. The van der Waals surface area contributed by atoms with Crippen molar-refractivity contribution in [2.24, 2.45) is 4.99 Å². The van der Waals surface area contributed by atoms with Gasteiger partial charge in [0.2, 0.25) is 0 Å². The van der Waals surface area contributed by atoms with Gasteiger partial charge in [0, 0.05) is 50.5 Å². The second kappa shape index (κ2) is 12.5. The van der Waals surface area contributed by atoms with Gasteiger partial charge in [0.1, 0.15) is 11.5 Å². The zero-order chi connectivity index (χ0) is 22.2. The number of aliphatic imine (C=N–C) groups is 1. The van der Waals surface area contributed by atoms with E-state index in [9.17, 15) is 0 Å². The first kappa shape index (κ1) is 24.9. The molecule has 9 nitrogen and oxygen atoms in total. The zero-order valence-corrected chi connectivity index (χ0v) is 21.4. The van der Waals surface area contributed by atoms with Crippen LogP contribution in [0.3, 0.4) is 0 Å². The molecule has 0 amide bonds. The van der Waals surface area contributed by atoms with Crippen LogP contribution in [0, 0.1) is 6.92 Å². The Labute approximate surface area is 211 Å². The molecule has 0 atom stereocenters.